The number of rotatable bonds is 5. The lowest BCUT2D eigenvalue weighted by Gasteiger charge is -2.16. The van der Waals surface area contributed by atoms with Gasteiger partial charge in [0.05, 0.1) is 0 Å². The summed E-state index contributed by atoms with van der Waals surface area (Å²) in [4.78, 5) is 10.3. The first-order valence-electron chi connectivity index (χ1n) is 4.96. The Hall–Kier alpha value is -0.260. The molecule has 1 rings (SSSR count). The van der Waals surface area contributed by atoms with Crippen molar-refractivity contribution in [2.75, 3.05) is 5.75 Å². The van der Waals surface area contributed by atoms with Crippen LogP contribution >= 0.6 is 11.8 Å². The monoisotopic (exact) mass is 218 g/mol. The van der Waals surface area contributed by atoms with Crippen LogP contribution < -0.4 is 11.5 Å². The van der Waals surface area contributed by atoms with Gasteiger partial charge in [-0.3, -0.25) is 4.79 Å². The summed E-state index contributed by atoms with van der Waals surface area (Å²) in [7, 11) is 0. The van der Waals surface area contributed by atoms with Crippen LogP contribution in [-0.2, 0) is 4.79 Å². The molecule has 0 radical (unpaired) electrons. The van der Waals surface area contributed by atoms with E-state index in [0.717, 1.165) is 25.0 Å². The molecule has 0 saturated carbocycles. The third-order valence-electron chi connectivity index (χ3n) is 2.56. The van der Waals surface area contributed by atoms with Gasteiger partial charge in [-0.05, 0) is 12.8 Å². The lowest BCUT2D eigenvalue weighted by molar-refractivity contribution is -0.137. The lowest BCUT2D eigenvalue weighted by atomic mass is 10.0. The van der Waals surface area contributed by atoms with Crippen LogP contribution in [0.15, 0.2) is 0 Å². The van der Waals surface area contributed by atoms with Crippen molar-refractivity contribution < 1.29 is 9.90 Å². The Bertz CT molecular complexity index is 201. The van der Waals surface area contributed by atoms with E-state index in [2.05, 4.69) is 0 Å². The predicted octanol–water partition coefficient (Wildman–Crippen LogP) is 0.401. The molecule has 0 aliphatic carbocycles. The minimum atomic E-state index is -0.718. The highest BCUT2D eigenvalue weighted by Gasteiger charge is 2.30. The molecule has 1 saturated heterocycles. The van der Waals surface area contributed by atoms with Gasteiger partial charge < -0.3 is 16.6 Å². The zero-order valence-electron chi connectivity index (χ0n) is 8.19. The number of aliphatic carboxylic acids is 1. The van der Waals surface area contributed by atoms with Crippen molar-refractivity contribution in [2.24, 2.45) is 11.5 Å². The normalized spacial score (nSPS) is 32.0. The molecular weight excluding hydrogens is 200 g/mol. The van der Waals surface area contributed by atoms with Gasteiger partial charge in [0, 0.05) is 29.5 Å². The first-order chi connectivity index (χ1) is 6.61. The Balaban J connectivity index is 2.10. The van der Waals surface area contributed by atoms with E-state index in [-0.39, 0.29) is 18.5 Å². The van der Waals surface area contributed by atoms with Gasteiger partial charge in [-0.15, -0.1) is 0 Å². The van der Waals surface area contributed by atoms with Gasteiger partial charge in [-0.1, -0.05) is 6.42 Å². The summed E-state index contributed by atoms with van der Waals surface area (Å²) in [5, 5.41) is 8.88. The van der Waals surface area contributed by atoms with Crippen LogP contribution in [0.1, 0.15) is 25.7 Å². The number of carboxylic acid groups (broad SMARTS) is 1. The van der Waals surface area contributed by atoms with Gasteiger partial charge in [-0.2, -0.15) is 11.8 Å². The second kappa shape index (κ2) is 5.58. The molecule has 3 atom stereocenters. The third-order valence-corrected chi connectivity index (χ3v) is 4.11. The fourth-order valence-electron chi connectivity index (χ4n) is 1.63. The topological polar surface area (TPSA) is 89.3 Å². The van der Waals surface area contributed by atoms with E-state index in [9.17, 15) is 4.79 Å². The minimum Gasteiger partial charge on any atom is -0.481 e. The molecule has 1 aliphatic rings. The number of carbonyl (C=O) groups is 1. The maximum Gasteiger partial charge on any atom is 0.303 e. The van der Waals surface area contributed by atoms with Crippen LogP contribution in [0, 0.1) is 0 Å². The highest BCUT2D eigenvalue weighted by atomic mass is 32.2. The smallest absolute Gasteiger partial charge is 0.303 e. The molecule has 1 unspecified atom stereocenters. The van der Waals surface area contributed by atoms with Crippen molar-refractivity contribution in [1.82, 2.24) is 0 Å². The van der Waals surface area contributed by atoms with E-state index in [1.54, 1.807) is 0 Å². The Kier molecular flexibility index (Phi) is 4.71. The van der Waals surface area contributed by atoms with Crippen molar-refractivity contribution in [2.45, 2.75) is 43.0 Å². The van der Waals surface area contributed by atoms with Crippen LogP contribution in [-0.4, -0.2) is 34.2 Å². The van der Waals surface area contributed by atoms with Gasteiger partial charge in [0.2, 0.25) is 0 Å². The Morgan fingerprint density at radius 2 is 2.14 bits per heavy atom. The van der Waals surface area contributed by atoms with Gasteiger partial charge in [0.1, 0.15) is 0 Å². The summed E-state index contributed by atoms with van der Waals surface area (Å²) in [6.45, 7) is 0. The molecule has 1 fully saturated rings. The van der Waals surface area contributed by atoms with E-state index in [0.29, 0.717) is 5.25 Å². The van der Waals surface area contributed by atoms with E-state index < -0.39 is 5.97 Å². The van der Waals surface area contributed by atoms with E-state index in [1.807, 2.05) is 11.8 Å². The minimum absolute atomic E-state index is 0.0878. The van der Waals surface area contributed by atoms with E-state index >= 15 is 0 Å². The standard InChI is InChI=1S/C9H18N2O2S/c10-6-5-14-7(9(6)11)3-1-2-4-8(12)13/h6-7,9H,1-5,10-11H2,(H,12,13)/t6?,7-,9-/m0/s1. The highest BCUT2D eigenvalue weighted by molar-refractivity contribution is 8.00. The van der Waals surface area contributed by atoms with E-state index in [1.165, 1.54) is 0 Å². The number of carboxylic acids is 1. The van der Waals surface area contributed by atoms with Crippen molar-refractivity contribution >= 4 is 17.7 Å². The molecule has 0 aromatic carbocycles. The van der Waals surface area contributed by atoms with Crippen LogP contribution in [0.5, 0.6) is 0 Å². The number of hydrogen-bond acceptors (Lipinski definition) is 4. The summed E-state index contributed by atoms with van der Waals surface area (Å²) in [6, 6.07) is 0.203. The summed E-state index contributed by atoms with van der Waals surface area (Å²) in [5.74, 6) is 0.218. The molecule has 82 valence electrons. The molecule has 14 heavy (non-hydrogen) atoms. The molecule has 0 bridgehead atoms. The predicted molar refractivity (Wildman–Crippen MR) is 58.3 cm³/mol. The molecule has 5 N–H and O–H groups in total. The molecule has 1 aliphatic heterocycles. The number of nitrogens with two attached hydrogens (primary N) is 2. The average Bonchev–Trinajstić information content (AvgIpc) is 2.43. The molecule has 5 heteroatoms. The first kappa shape index (κ1) is 11.8. The second-order valence-corrected chi connectivity index (χ2v) is 5.02. The Morgan fingerprint density at radius 3 is 2.64 bits per heavy atom. The van der Waals surface area contributed by atoms with Crippen LogP contribution in [0.3, 0.4) is 0 Å². The Morgan fingerprint density at radius 1 is 1.43 bits per heavy atom. The summed E-state index contributed by atoms with van der Waals surface area (Å²) < 4.78 is 0. The Labute approximate surface area is 88.4 Å². The van der Waals surface area contributed by atoms with Crippen molar-refractivity contribution in [3.8, 4) is 0 Å². The summed E-state index contributed by atoms with van der Waals surface area (Å²) in [6.07, 6.45) is 2.93. The van der Waals surface area contributed by atoms with Gasteiger partial charge in [0.25, 0.3) is 0 Å². The fourth-order valence-corrected chi connectivity index (χ4v) is 3.08. The fraction of sp³-hybridized carbons (Fsp3) is 0.889. The average molecular weight is 218 g/mol. The molecule has 0 aromatic rings. The van der Waals surface area contributed by atoms with Crippen LogP contribution in [0.25, 0.3) is 0 Å². The molecule has 0 spiro atoms. The quantitative estimate of drug-likeness (QED) is 0.581. The molecule has 0 aromatic heterocycles. The zero-order chi connectivity index (χ0) is 10.6. The molecule has 4 nitrogen and oxygen atoms in total. The van der Waals surface area contributed by atoms with Crippen LogP contribution in [0.4, 0.5) is 0 Å². The zero-order valence-corrected chi connectivity index (χ0v) is 9.00. The van der Waals surface area contributed by atoms with Crippen molar-refractivity contribution in [3.05, 3.63) is 0 Å². The first-order valence-corrected chi connectivity index (χ1v) is 6.00. The maximum atomic E-state index is 10.3. The summed E-state index contributed by atoms with van der Waals surface area (Å²) in [5.41, 5.74) is 11.7. The maximum absolute atomic E-state index is 10.3. The molecule has 1 heterocycles. The third kappa shape index (κ3) is 3.48. The van der Waals surface area contributed by atoms with Gasteiger partial charge in [-0.25, -0.2) is 0 Å². The highest BCUT2D eigenvalue weighted by Crippen LogP contribution is 2.28. The van der Waals surface area contributed by atoms with E-state index in [4.69, 9.17) is 16.6 Å². The number of unbranched alkanes of at least 4 members (excludes halogenated alkanes) is 1. The lowest BCUT2D eigenvalue weighted by Crippen LogP contribution is -2.43. The molecular formula is C9H18N2O2S. The number of thioether (sulfide) groups is 1. The largest absolute Gasteiger partial charge is 0.481 e. The second-order valence-electron chi connectivity index (χ2n) is 3.75. The summed E-state index contributed by atoms with van der Waals surface area (Å²) >= 11 is 1.82. The van der Waals surface area contributed by atoms with Gasteiger partial charge >= 0.3 is 5.97 Å². The van der Waals surface area contributed by atoms with Crippen molar-refractivity contribution in [1.29, 1.82) is 0 Å². The molecule has 0 amide bonds. The van der Waals surface area contributed by atoms with Crippen molar-refractivity contribution in [3.63, 3.8) is 0 Å². The van der Waals surface area contributed by atoms with Crippen LogP contribution in [0.2, 0.25) is 0 Å². The van der Waals surface area contributed by atoms with Gasteiger partial charge in [0.15, 0.2) is 0 Å². The number of hydrogen-bond donors (Lipinski definition) is 3. The SMILES string of the molecule is NC1CS[C@@H](CCCCC(=O)O)[C@H]1N.